The molecule has 1 N–H and O–H groups in total. The fraction of sp³-hybridized carbons (Fsp3) is 0.263. The number of benzene rings is 1. The lowest BCUT2D eigenvalue weighted by molar-refractivity contribution is -0.115. The van der Waals surface area contributed by atoms with E-state index in [0.29, 0.717) is 11.3 Å². The average Bonchev–Trinajstić information content (AvgIpc) is 3.23. The lowest BCUT2D eigenvalue weighted by atomic mass is 10.2. The molecule has 0 bridgehead atoms. The molecule has 26 heavy (non-hydrogen) atoms. The highest BCUT2D eigenvalue weighted by Gasteiger charge is 2.24. The Hall–Kier alpha value is -2.43. The number of anilines is 1. The minimum absolute atomic E-state index is 0.142. The van der Waals surface area contributed by atoms with Crippen LogP contribution in [0.5, 0.6) is 0 Å². The number of aryl methyl sites for hydroxylation is 2. The summed E-state index contributed by atoms with van der Waals surface area (Å²) in [5, 5.41) is 13.7. The van der Waals surface area contributed by atoms with Crippen LogP contribution in [-0.2, 0) is 17.6 Å². The molecule has 2 aromatic heterocycles. The van der Waals surface area contributed by atoms with Crippen molar-refractivity contribution in [1.82, 2.24) is 9.97 Å². The van der Waals surface area contributed by atoms with Crippen LogP contribution in [0.25, 0.3) is 10.2 Å². The van der Waals surface area contributed by atoms with Gasteiger partial charge in [-0.3, -0.25) is 4.79 Å². The van der Waals surface area contributed by atoms with Gasteiger partial charge >= 0.3 is 0 Å². The molecule has 1 aliphatic rings. The molecule has 0 fully saturated rings. The normalized spacial score (nSPS) is 14.0. The fourth-order valence-electron chi connectivity index (χ4n) is 3.13. The average molecular weight is 380 g/mol. The molecule has 130 valence electrons. The predicted molar refractivity (Wildman–Crippen MR) is 105 cm³/mol. The van der Waals surface area contributed by atoms with E-state index in [2.05, 4.69) is 21.4 Å². The number of amides is 1. The Morgan fingerprint density at radius 3 is 3.04 bits per heavy atom. The second-order valence-electron chi connectivity index (χ2n) is 6.12. The van der Waals surface area contributed by atoms with Crippen LogP contribution in [0, 0.1) is 11.3 Å². The van der Waals surface area contributed by atoms with Gasteiger partial charge in [-0.2, -0.15) is 5.26 Å². The van der Waals surface area contributed by atoms with Crippen LogP contribution in [-0.4, -0.2) is 21.1 Å². The summed E-state index contributed by atoms with van der Waals surface area (Å²) in [5.74, 6) is -0.142. The van der Waals surface area contributed by atoms with Crippen molar-refractivity contribution in [2.45, 2.75) is 36.5 Å². The van der Waals surface area contributed by atoms with E-state index in [-0.39, 0.29) is 11.2 Å². The van der Waals surface area contributed by atoms with Crippen molar-refractivity contribution in [3.05, 3.63) is 46.6 Å². The van der Waals surface area contributed by atoms with E-state index in [9.17, 15) is 4.79 Å². The molecular weight excluding hydrogens is 364 g/mol. The number of hydrogen-bond donors (Lipinski definition) is 1. The Balaban J connectivity index is 1.57. The topological polar surface area (TPSA) is 78.7 Å². The Labute approximate surface area is 159 Å². The van der Waals surface area contributed by atoms with Gasteiger partial charge in [0.05, 0.1) is 16.5 Å². The molecule has 0 saturated heterocycles. The van der Waals surface area contributed by atoms with Crippen LogP contribution in [0.3, 0.4) is 0 Å². The summed E-state index contributed by atoms with van der Waals surface area (Å²) in [4.78, 5) is 23.9. The standard InChI is InChI=1S/C19H16N4OS2/c1-11(17(24)23-14-7-3-2-5-12(14)9-20)25-18-16-13-6-4-8-15(13)26-19(16)22-10-21-18/h2-3,5,7,10-11H,4,6,8H2,1H3,(H,23,24)/t11-/m1/s1. The van der Waals surface area contributed by atoms with Gasteiger partial charge < -0.3 is 5.32 Å². The van der Waals surface area contributed by atoms with Crippen molar-refractivity contribution in [3.63, 3.8) is 0 Å². The third kappa shape index (κ3) is 3.06. The van der Waals surface area contributed by atoms with E-state index in [4.69, 9.17) is 5.26 Å². The number of carbonyl (C=O) groups is 1. The number of hydrogen-bond acceptors (Lipinski definition) is 6. The third-order valence-electron chi connectivity index (χ3n) is 4.43. The molecule has 0 saturated carbocycles. The lowest BCUT2D eigenvalue weighted by Crippen LogP contribution is -2.23. The molecule has 1 aromatic carbocycles. The maximum Gasteiger partial charge on any atom is 0.237 e. The Morgan fingerprint density at radius 1 is 1.35 bits per heavy atom. The molecule has 1 amide bonds. The van der Waals surface area contributed by atoms with Crippen molar-refractivity contribution in [1.29, 1.82) is 5.26 Å². The van der Waals surface area contributed by atoms with Gasteiger partial charge in [-0.1, -0.05) is 23.9 Å². The summed E-state index contributed by atoms with van der Waals surface area (Å²) in [7, 11) is 0. The number of fused-ring (bicyclic) bond motifs is 3. The first-order chi connectivity index (χ1) is 12.7. The van der Waals surface area contributed by atoms with Crippen molar-refractivity contribution in [2.24, 2.45) is 0 Å². The maximum absolute atomic E-state index is 12.6. The van der Waals surface area contributed by atoms with Gasteiger partial charge in [0.1, 0.15) is 22.3 Å². The SMILES string of the molecule is C[C@@H](Sc1ncnc2sc3c(c12)CCC3)C(=O)Nc1ccccc1C#N. The summed E-state index contributed by atoms with van der Waals surface area (Å²) in [6, 6.07) is 9.11. The first kappa shape index (κ1) is 17.0. The molecule has 7 heteroatoms. The van der Waals surface area contributed by atoms with Crippen LogP contribution in [0.2, 0.25) is 0 Å². The number of nitriles is 1. The molecule has 5 nitrogen and oxygen atoms in total. The van der Waals surface area contributed by atoms with E-state index in [1.54, 1.807) is 41.9 Å². The molecule has 0 radical (unpaired) electrons. The fourth-order valence-corrected chi connectivity index (χ4v) is 5.37. The van der Waals surface area contributed by atoms with E-state index in [0.717, 1.165) is 28.1 Å². The maximum atomic E-state index is 12.6. The number of nitrogens with one attached hydrogen (secondary N) is 1. The summed E-state index contributed by atoms with van der Waals surface area (Å²) in [6.45, 7) is 1.86. The minimum atomic E-state index is -0.336. The molecule has 3 aromatic rings. The van der Waals surface area contributed by atoms with Gasteiger partial charge in [0.2, 0.25) is 5.91 Å². The van der Waals surface area contributed by atoms with Gasteiger partial charge in [0.15, 0.2) is 0 Å². The summed E-state index contributed by atoms with van der Waals surface area (Å²) in [6.07, 6.45) is 4.93. The molecule has 2 heterocycles. The largest absolute Gasteiger partial charge is 0.324 e. The zero-order valence-electron chi connectivity index (χ0n) is 14.2. The summed E-state index contributed by atoms with van der Waals surface area (Å²) < 4.78 is 0. The van der Waals surface area contributed by atoms with Gasteiger partial charge in [-0.15, -0.1) is 11.3 Å². The second kappa shape index (κ2) is 7.06. The molecule has 0 unspecified atom stereocenters. The lowest BCUT2D eigenvalue weighted by Gasteiger charge is -2.13. The molecule has 1 aliphatic carbocycles. The van der Waals surface area contributed by atoms with Crippen molar-refractivity contribution < 1.29 is 4.79 Å². The molecule has 0 spiro atoms. The third-order valence-corrected chi connectivity index (χ3v) is 6.73. The first-order valence-corrected chi connectivity index (χ1v) is 10.1. The van der Waals surface area contributed by atoms with E-state index in [1.165, 1.54) is 28.6 Å². The van der Waals surface area contributed by atoms with Crippen LogP contribution in [0.15, 0.2) is 35.6 Å². The molecular formula is C19H16N4OS2. The Bertz CT molecular complexity index is 1040. The Kier molecular flexibility index (Phi) is 4.62. The second-order valence-corrected chi connectivity index (χ2v) is 8.54. The van der Waals surface area contributed by atoms with Gasteiger partial charge in [-0.25, -0.2) is 9.97 Å². The van der Waals surface area contributed by atoms with Gasteiger partial charge in [0, 0.05) is 10.3 Å². The number of nitrogens with zero attached hydrogens (tertiary/aromatic N) is 3. The smallest absolute Gasteiger partial charge is 0.237 e. The Morgan fingerprint density at radius 2 is 2.19 bits per heavy atom. The summed E-state index contributed by atoms with van der Waals surface area (Å²) in [5.41, 5.74) is 2.35. The molecule has 1 atom stereocenters. The van der Waals surface area contributed by atoms with E-state index in [1.807, 2.05) is 6.92 Å². The van der Waals surface area contributed by atoms with E-state index < -0.39 is 0 Å². The zero-order valence-corrected chi connectivity index (χ0v) is 15.8. The van der Waals surface area contributed by atoms with Crippen molar-refractivity contribution in [3.8, 4) is 6.07 Å². The highest BCUT2D eigenvalue weighted by molar-refractivity contribution is 8.00. The monoisotopic (exact) mass is 380 g/mol. The zero-order chi connectivity index (χ0) is 18.1. The van der Waals surface area contributed by atoms with Crippen LogP contribution in [0.1, 0.15) is 29.3 Å². The first-order valence-electron chi connectivity index (χ1n) is 8.39. The molecule has 4 rings (SSSR count). The number of aromatic nitrogens is 2. The van der Waals surface area contributed by atoms with Crippen LogP contribution >= 0.6 is 23.1 Å². The highest BCUT2D eigenvalue weighted by atomic mass is 32.2. The summed E-state index contributed by atoms with van der Waals surface area (Å²) >= 11 is 3.19. The highest BCUT2D eigenvalue weighted by Crippen LogP contribution is 2.40. The number of thioether (sulfide) groups is 1. The van der Waals surface area contributed by atoms with Crippen molar-refractivity contribution in [2.75, 3.05) is 5.32 Å². The number of rotatable bonds is 4. The quantitative estimate of drug-likeness (QED) is 0.543. The number of para-hydroxylation sites is 1. The number of carbonyl (C=O) groups excluding carboxylic acids is 1. The molecule has 0 aliphatic heterocycles. The number of thiophene rings is 1. The van der Waals surface area contributed by atoms with Crippen molar-refractivity contribution >= 4 is 44.9 Å². The van der Waals surface area contributed by atoms with Gasteiger partial charge in [0.25, 0.3) is 0 Å². The van der Waals surface area contributed by atoms with Gasteiger partial charge in [-0.05, 0) is 43.9 Å². The predicted octanol–water partition coefficient (Wildman–Crippen LogP) is 4.17. The van der Waals surface area contributed by atoms with E-state index >= 15 is 0 Å². The minimum Gasteiger partial charge on any atom is -0.324 e. The van der Waals surface area contributed by atoms with Crippen LogP contribution < -0.4 is 5.32 Å². The van der Waals surface area contributed by atoms with Crippen LogP contribution in [0.4, 0.5) is 5.69 Å².